The third-order valence-corrected chi connectivity index (χ3v) is 5.44. The Morgan fingerprint density at radius 2 is 2.06 bits per heavy atom. The molecule has 1 aliphatic heterocycles. The SMILES string of the molecule is CCNC(=O)COc1cccc(CNC(=NC)N2CCOC(c3ccc(C)cc3C)C2)c1. The van der Waals surface area contributed by atoms with Gasteiger partial charge in [-0.05, 0) is 49.6 Å². The predicted octanol–water partition coefficient (Wildman–Crippen LogP) is 2.97. The fraction of sp³-hybridized carbons (Fsp3) is 0.440. The van der Waals surface area contributed by atoms with Crippen LogP contribution in [0.1, 0.15) is 35.3 Å². The van der Waals surface area contributed by atoms with Gasteiger partial charge in [-0.25, -0.2) is 0 Å². The summed E-state index contributed by atoms with van der Waals surface area (Å²) in [7, 11) is 1.80. The molecule has 2 aromatic rings. The van der Waals surface area contributed by atoms with Crippen molar-refractivity contribution in [3.8, 4) is 5.75 Å². The number of hydrogen-bond donors (Lipinski definition) is 2. The minimum absolute atomic E-state index is 0.0139. The fourth-order valence-electron chi connectivity index (χ4n) is 3.87. The molecule has 1 fully saturated rings. The number of ether oxygens (including phenoxy) is 2. The molecule has 7 nitrogen and oxygen atoms in total. The van der Waals surface area contributed by atoms with Crippen LogP contribution in [0.3, 0.4) is 0 Å². The van der Waals surface area contributed by atoms with Crippen molar-refractivity contribution in [2.24, 2.45) is 4.99 Å². The van der Waals surface area contributed by atoms with Crippen LogP contribution in [0.4, 0.5) is 0 Å². The molecule has 1 unspecified atom stereocenters. The first-order valence-corrected chi connectivity index (χ1v) is 11.1. The van der Waals surface area contributed by atoms with Crippen LogP contribution in [-0.2, 0) is 16.1 Å². The Bertz CT molecular complexity index is 945. The van der Waals surface area contributed by atoms with E-state index in [0.29, 0.717) is 25.4 Å². The highest BCUT2D eigenvalue weighted by Gasteiger charge is 2.25. The molecule has 2 aromatic carbocycles. The Kier molecular flexibility index (Phi) is 8.50. The fourth-order valence-corrected chi connectivity index (χ4v) is 3.87. The molecule has 1 heterocycles. The number of hydrogen-bond acceptors (Lipinski definition) is 4. The third kappa shape index (κ3) is 6.47. The number of likely N-dealkylation sites (N-methyl/N-ethyl adjacent to an activating group) is 1. The van der Waals surface area contributed by atoms with E-state index in [-0.39, 0.29) is 18.6 Å². The molecular weight excluding hydrogens is 404 g/mol. The Morgan fingerprint density at radius 1 is 1.22 bits per heavy atom. The summed E-state index contributed by atoms with van der Waals surface area (Å²) >= 11 is 0. The molecule has 0 saturated carbocycles. The second kappa shape index (κ2) is 11.5. The summed E-state index contributed by atoms with van der Waals surface area (Å²) < 4.78 is 11.7. The summed E-state index contributed by atoms with van der Waals surface area (Å²) in [6.07, 6.45) is 0.0221. The van der Waals surface area contributed by atoms with Gasteiger partial charge >= 0.3 is 0 Å². The zero-order chi connectivity index (χ0) is 22.9. The molecule has 7 heteroatoms. The lowest BCUT2D eigenvalue weighted by molar-refractivity contribution is -0.122. The van der Waals surface area contributed by atoms with Crippen molar-refractivity contribution < 1.29 is 14.3 Å². The van der Waals surface area contributed by atoms with E-state index in [9.17, 15) is 4.79 Å². The molecule has 0 aliphatic carbocycles. The van der Waals surface area contributed by atoms with E-state index in [2.05, 4.69) is 52.6 Å². The van der Waals surface area contributed by atoms with Crippen LogP contribution in [0.15, 0.2) is 47.5 Å². The number of amides is 1. The number of guanidine groups is 1. The maximum atomic E-state index is 11.6. The van der Waals surface area contributed by atoms with Gasteiger partial charge < -0.3 is 25.0 Å². The lowest BCUT2D eigenvalue weighted by Crippen LogP contribution is -2.48. The van der Waals surface area contributed by atoms with E-state index in [0.717, 1.165) is 24.6 Å². The number of benzene rings is 2. The lowest BCUT2D eigenvalue weighted by Gasteiger charge is -2.36. The Labute approximate surface area is 190 Å². The van der Waals surface area contributed by atoms with Gasteiger partial charge in [0, 0.05) is 26.7 Å². The van der Waals surface area contributed by atoms with E-state index < -0.39 is 0 Å². The van der Waals surface area contributed by atoms with Crippen molar-refractivity contribution in [3.05, 3.63) is 64.7 Å². The number of nitrogens with one attached hydrogen (secondary N) is 2. The van der Waals surface area contributed by atoms with Crippen LogP contribution in [0.2, 0.25) is 0 Å². The van der Waals surface area contributed by atoms with Gasteiger partial charge in [0.1, 0.15) is 11.9 Å². The van der Waals surface area contributed by atoms with E-state index >= 15 is 0 Å². The largest absolute Gasteiger partial charge is 0.484 e. The van der Waals surface area contributed by atoms with E-state index in [1.807, 2.05) is 31.2 Å². The quantitative estimate of drug-likeness (QED) is 0.514. The number of rotatable bonds is 7. The van der Waals surface area contributed by atoms with Crippen LogP contribution in [-0.4, -0.2) is 56.7 Å². The van der Waals surface area contributed by atoms with Gasteiger partial charge in [-0.2, -0.15) is 0 Å². The number of carbonyl (C=O) groups excluding carboxylic acids is 1. The number of carbonyl (C=O) groups is 1. The van der Waals surface area contributed by atoms with Crippen LogP contribution in [0.5, 0.6) is 5.75 Å². The van der Waals surface area contributed by atoms with Crippen molar-refractivity contribution in [3.63, 3.8) is 0 Å². The predicted molar refractivity (Wildman–Crippen MR) is 127 cm³/mol. The second-order valence-electron chi connectivity index (χ2n) is 7.96. The first kappa shape index (κ1) is 23.6. The van der Waals surface area contributed by atoms with Gasteiger partial charge in [0.2, 0.25) is 0 Å². The second-order valence-corrected chi connectivity index (χ2v) is 7.96. The molecule has 3 rings (SSSR count). The minimum atomic E-state index is -0.123. The van der Waals surface area contributed by atoms with E-state index in [1.165, 1.54) is 16.7 Å². The molecule has 172 valence electrons. The van der Waals surface area contributed by atoms with Crippen molar-refractivity contribution in [1.29, 1.82) is 0 Å². The van der Waals surface area contributed by atoms with Gasteiger partial charge in [-0.1, -0.05) is 35.9 Å². The number of morpholine rings is 1. The monoisotopic (exact) mass is 438 g/mol. The van der Waals surface area contributed by atoms with Crippen LogP contribution in [0.25, 0.3) is 0 Å². The highest BCUT2D eigenvalue weighted by atomic mass is 16.5. The summed E-state index contributed by atoms with van der Waals surface area (Å²) in [6.45, 7) is 9.54. The first-order valence-electron chi connectivity index (χ1n) is 11.1. The molecule has 2 N–H and O–H groups in total. The lowest BCUT2D eigenvalue weighted by atomic mass is 10.00. The summed E-state index contributed by atoms with van der Waals surface area (Å²) in [5.74, 6) is 1.39. The average Bonchev–Trinajstić information content (AvgIpc) is 2.79. The van der Waals surface area contributed by atoms with Crippen molar-refractivity contribution >= 4 is 11.9 Å². The summed E-state index contributed by atoms with van der Waals surface area (Å²) in [5.41, 5.74) is 4.80. The summed E-state index contributed by atoms with van der Waals surface area (Å²) in [6, 6.07) is 14.3. The van der Waals surface area contributed by atoms with Gasteiger partial charge in [0.05, 0.1) is 13.2 Å². The number of aliphatic imine (C=N–C) groups is 1. The number of aryl methyl sites for hydroxylation is 2. The van der Waals surface area contributed by atoms with Gasteiger partial charge in [-0.3, -0.25) is 9.79 Å². The zero-order valence-corrected chi connectivity index (χ0v) is 19.5. The molecule has 32 heavy (non-hydrogen) atoms. The van der Waals surface area contributed by atoms with Gasteiger partial charge in [0.25, 0.3) is 5.91 Å². The standard InChI is InChI=1S/C25H34N4O3/c1-5-27-24(30)17-32-21-8-6-7-20(14-21)15-28-25(26-4)29-11-12-31-23(16-29)22-10-9-18(2)13-19(22)3/h6-10,13-14,23H,5,11-12,15-17H2,1-4H3,(H,26,28)(H,27,30). The molecule has 0 bridgehead atoms. The van der Waals surface area contributed by atoms with Gasteiger partial charge in [0.15, 0.2) is 12.6 Å². The first-order chi connectivity index (χ1) is 15.5. The van der Waals surface area contributed by atoms with Crippen molar-refractivity contribution in [2.75, 3.05) is 39.9 Å². The maximum Gasteiger partial charge on any atom is 0.257 e. The molecule has 1 aliphatic rings. The molecule has 1 atom stereocenters. The molecule has 1 saturated heterocycles. The Hall–Kier alpha value is -3.06. The zero-order valence-electron chi connectivity index (χ0n) is 19.5. The third-order valence-electron chi connectivity index (χ3n) is 5.44. The van der Waals surface area contributed by atoms with E-state index in [4.69, 9.17) is 9.47 Å². The normalized spacial score (nSPS) is 16.6. The van der Waals surface area contributed by atoms with E-state index in [1.54, 1.807) is 7.05 Å². The van der Waals surface area contributed by atoms with Gasteiger partial charge in [-0.15, -0.1) is 0 Å². The molecule has 1 amide bonds. The Morgan fingerprint density at radius 3 is 2.81 bits per heavy atom. The summed E-state index contributed by atoms with van der Waals surface area (Å²) in [4.78, 5) is 18.3. The van der Waals surface area contributed by atoms with Crippen molar-refractivity contribution in [1.82, 2.24) is 15.5 Å². The maximum absolute atomic E-state index is 11.6. The van der Waals surface area contributed by atoms with Crippen LogP contribution < -0.4 is 15.4 Å². The molecule has 0 radical (unpaired) electrons. The van der Waals surface area contributed by atoms with Crippen LogP contribution >= 0.6 is 0 Å². The smallest absolute Gasteiger partial charge is 0.257 e. The highest BCUT2D eigenvalue weighted by Crippen LogP contribution is 2.26. The topological polar surface area (TPSA) is 75.2 Å². The number of nitrogens with zero attached hydrogens (tertiary/aromatic N) is 2. The summed E-state index contributed by atoms with van der Waals surface area (Å²) in [5, 5.41) is 6.18. The minimum Gasteiger partial charge on any atom is -0.484 e. The Balaban J connectivity index is 1.58. The molecule has 0 spiro atoms. The molecule has 0 aromatic heterocycles. The highest BCUT2D eigenvalue weighted by molar-refractivity contribution is 5.80. The average molecular weight is 439 g/mol. The van der Waals surface area contributed by atoms with Crippen molar-refractivity contribution in [2.45, 2.75) is 33.4 Å². The van der Waals surface area contributed by atoms with Crippen LogP contribution in [0, 0.1) is 13.8 Å². The molecular formula is C25H34N4O3.